The first-order chi connectivity index (χ1) is 10.2. The van der Waals surface area contributed by atoms with Crippen molar-refractivity contribution in [3.8, 4) is 11.1 Å². The van der Waals surface area contributed by atoms with Gasteiger partial charge >= 0.3 is 0 Å². The van der Waals surface area contributed by atoms with Gasteiger partial charge in [0.05, 0.1) is 5.69 Å². The maximum Gasteiger partial charge on any atom is 0.250 e. The average Bonchev–Trinajstić information content (AvgIpc) is 2.55. The van der Waals surface area contributed by atoms with E-state index in [0.717, 1.165) is 11.1 Å². The van der Waals surface area contributed by atoms with Gasteiger partial charge in [0.2, 0.25) is 5.91 Å². The fourth-order valence-electron chi connectivity index (χ4n) is 2.52. The molecule has 21 heavy (non-hydrogen) atoms. The van der Waals surface area contributed by atoms with Gasteiger partial charge in [-0.15, -0.1) is 0 Å². The van der Waals surface area contributed by atoms with Crippen LogP contribution < -0.4 is 4.90 Å². The molecular weight excluding hydrogens is 264 g/mol. The Hall–Kier alpha value is -2.75. The molecule has 0 N–H and O–H groups in total. The molecule has 2 aromatic rings. The summed E-state index contributed by atoms with van der Waals surface area (Å²) in [7, 11) is 0. The number of amides is 1. The summed E-state index contributed by atoms with van der Waals surface area (Å²) in [5.74, 6) is -0.116. The van der Waals surface area contributed by atoms with Crippen LogP contribution in [0.2, 0.25) is 0 Å². The Kier molecular flexibility index (Phi) is 3.36. The van der Waals surface area contributed by atoms with Gasteiger partial charge in [-0.1, -0.05) is 12.6 Å². The predicted molar refractivity (Wildman–Crippen MR) is 81.2 cm³/mol. The Balaban J connectivity index is 2.12. The Morgan fingerprint density at radius 2 is 1.95 bits per heavy atom. The molecule has 4 nitrogen and oxygen atoms in total. The molecule has 0 aliphatic carbocycles. The normalized spacial score (nSPS) is 13.7. The minimum absolute atomic E-state index is 0.0689. The van der Waals surface area contributed by atoms with Crippen LogP contribution in [0, 0.1) is 0 Å². The molecular formula is C17H14N2O2. The zero-order valence-corrected chi connectivity index (χ0v) is 11.5. The Morgan fingerprint density at radius 3 is 2.67 bits per heavy atom. The number of carbonyl (C=O) groups is 2. The molecule has 1 amide bonds. The molecule has 0 atom stereocenters. The molecule has 0 spiro atoms. The van der Waals surface area contributed by atoms with Crippen molar-refractivity contribution >= 4 is 17.4 Å². The number of carbonyl (C=O) groups excluding carboxylic acids is 2. The second-order valence-electron chi connectivity index (χ2n) is 4.83. The van der Waals surface area contributed by atoms with Crippen molar-refractivity contribution in [1.29, 1.82) is 0 Å². The highest BCUT2D eigenvalue weighted by Crippen LogP contribution is 2.32. The summed E-state index contributed by atoms with van der Waals surface area (Å²) in [5.41, 5.74) is 3.20. The number of ketones is 1. The smallest absolute Gasteiger partial charge is 0.250 e. The van der Waals surface area contributed by atoms with Crippen molar-refractivity contribution in [3.63, 3.8) is 0 Å². The summed E-state index contributed by atoms with van der Waals surface area (Å²) in [6, 6.07) is 9.35. The molecule has 2 heterocycles. The van der Waals surface area contributed by atoms with E-state index in [2.05, 4.69) is 11.6 Å². The van der Waals surface area contributed by atoms with Crippen molar-refractivity contribution in [2.75, 3.05) is 11.4 Å². The largest absolute Gasteiger partial charge is 0.308 e. The van der Waals surface area contributed by atoms with Gasteiger partial charge < -0.3 is 4.90 Å². The quantitative estimate of drug-likeness (QED) is 0.794. The van der Waals surface area contributed by atoms with Crippen LogP contribution in [0.25, 0.3) is 11.1 Å². The van der Waals surface area contributed by atoms with Crippen LogP contribution in [0.3, 0.4) is 0 Å². The molecule has 0 fully saturated rings. The zero-order chi connectivity index (χ0) is 14.8. The van der Waals surface area contributed by atoms with Crippen molar-refractivity contribution in [2.45, 2.75) is 6.42 Å². The SMILES string of the molecule is C=CC(=O)N1CCC(=O)c2ccc(-c3ccncc3)cc21. The van der Waals surface area contributed by atoms with E-state index in [1.165, 1.54) is 6.08 Å². The molecule has 1 aromatic heterocycles. The first-order valence-electron chi connectivity index (χ1n) is 6.72. The first kappa shape index (κ1) is 13.2. The minimum atomic E-state index is -0.185. The lowest BCUT2D eigenvalue weighted by atomic mass is 9.96. The van der Waals surface area contributed by atoms with E-state index in [4.69, 9.17) is 0 Å². The minimum Gasteiger partial charge on any atom is -0.308 e. The summed E-state index contributed by atoms with van der Waals surface area (Å²) in [6.07, 6.45) is 5.05. The van der Waals surface area contributed by atoms with Crippen LogP contribution in [0.5, 0.6) is 0 Å². The maximum absolute atomic E-state index is 12.0. The summed E-state index contributed by atoms with van der Waals surface area (Å²) in [5, 5.41) is 0. The maximum atomic E-state index is 12.0. The fourth-order valence-corrected chi connectivity index (χ4v) is 2.52. The zero-order valence-electron chi connectivity index (χ0n) is 11.5. The molecule has 4 heteroatoms. The highest BCUT2D eigenvalue weighted by atomic mass is 16.2. The van der Waals surface area contributed by atoms with Gasteiger partial charge in [-0.3, -0.25) is 14.6 Å². The van der Waals surface area contributed by atoms with E-state index in [1.54, 1.807) is 23.4 Å². The van der Waals surface area contributed by atoms with Crippen LogP contribution in [0.15, 0.2) is 55.4 Å². The van der Waals surface area contributed by atoms with Gasteiger partial charge in [-0.25, -0.2) is 0 Å². The number of pyridine rings is 1. The molecule has 104 valence electrons. The average molecular weight is 278 g/mol. The molecule has 0 unspecified atom stereocenters. The van der Waals surface area contributed by atoms with Crippen LogP contribution >= 0.6 is 0 Å². The third kappa shape index (κ3) is 2.36. The molecule has 3 rings (SSSR count). The summed E-state index contributed by atoms with van der Waals surface area (Å²) < 4.78 is 0. The lowest BCUT2D eigenvalue weighted by Gasteiger charge is -2.28. The second kappa shape index (κ2) is 5.32. The number of anilines is 1. The number of rotatable bonds is 2. The Labute approximate surface area is 122 Å². The standard InChI is InChI=1S/C17H14N2O2/c1-2-17(21)19-10-7-16(20)14-4-3-13(11-15(14)19)12-5-8-18-9-6-12/h2-6,8-9,11H,1,7,10H2. The number of hydrogen-bond acceptors (Lipinski definition) is 3. The van der Waals surface area contributed by atoms with E-state index in [0.29, 0.717) is 24.2 Å². The molecule has 1 aliphatic rings. The summed E-state index contributed by atoms with van der Waals surface area (Å²) >= 11 is 0. The fraction of sp³-hybridized carbons (Fsp3) is 0.118. The lowest BCUT2D eigenvalue weighted by molar-refractivity contribution is -0.114. The number of Topliss-reactive ketones (excluding diaryl/α,β-unsaturated/α-hetero) is 1. The van der Waals surface area contributed by atoms with E-state index in [1.807, 2.05) is 24.3 Å². The number of nitrogens with zero attached hydrogens (tertiary/aromatic N) is 2. The van der Waals surface area contributed by atoms with Crippen LogP contribution in [-0.4, -0.2) is 23.2 Å². The summed E-state index contributed by atoms with van der Waals surface area (Å²) in [6.45, 7) is 3.92. The lowest BCUT2D eigenvalue weighted by Crippen LogP contribution is -2.36. The van der Waals surface area contributed by atoms with Crippen LogP contribution in [0.1, 0.15) is 16.8 Å². The van der Waals surface area contributed by atoms with Crippen molar-refractivity contribution in [1.82, 2.24) is 4.98 Å². The molecule has 0 radical (unpaired) electrons. The first-order valence-corrected chi connectivity index (χ1v) is 6.72. The molecule has 1 aromatic carbocycles. The van der Waals surface area contributed by atoms with Gasteiger partial charge in [-0.05, 0) is 41.5 Å². The Morgan fingerprint density at radius 1 is 1.19 bits per heavy atom. The van der Waals surface area contributed by atoms with Crippen molar-refractivity contribution in [3.05, 3.63) is 60.9 Å². The van der Waals surface area contributed by atoms with Crippen molar-refractivity contribution < 1.29 is 9.59 Å². The predicted octanol–water partition coefficient (Wildman–Crippen LogP) is 2.85. The number of hydrogen-bond donors (Lipinski definition) is 0. The van der Waals surface area contributed by atoms with Gasteiger partial charge in [0, 0.05) is 30.9 Å². The van der Waals surface area contributed by atoms with Crippen LogP contribution in [-0.2, 0) is 4.79 Å². The third-order valence-corrected chi connectivity index (χ3v) is 3.61. The highest BCUT2D eigenvalue weighted by molar-refractivity contribution is 6.11. The molecule has 1 aliphatic heterocycles. The van der Waals surface area contributed by atoms with Gasteiger partial charge in [0.25, 0.3) is 0 Å². The van der Waals surface area contributed by atoms with Gasteiger partial charge in [0.15, 0.2) is 5.78 Å². The van der Waals surface area contributed by atoms with E-state index >= 15 is 0 Å². The number of benzene rings is 1. The van der Waals surface area contributed by atoms with E-state index in [9.17, 15) is 9.59 Å². The number of aromatic nitrogens is 1. The van der Waals surface area contributed by atoms with Gasteiger partial charge in [0.1, 0.15) is 0 Å². The molecule has 0 saturated heterocycles. The monoisotopic (exact) mass is 278 g/mol. The summed E-state index contributed by atoms with van der Waals surface area (Å²) in [4.78, 5) is 29.6. The third-order valence-electron chi connectivity index (χ3n) is 3.61. The van der Waals surface area contributed by atoms with Gasteiger partial charge in [-0.2, -0.15) is 0 Å². The number of fused-ring (bicyclic) bond motifs is 1. The second-order valence-corrected chi connectivity index (χ2v) is 4.83. The molecule has 0 saturated carbocycles. The Bertz CT molecular complexity index is 723. The van der Waals surface area contributed by atoms with Crippen molar-refractivity contribution in [2.24, 2.45) is 0 Å². The molecule has 0 bridgehead atoms. The van der Waals surface area contributed by atoms with Crippen LogP contribution in [0.4, 0.5) is 5.69 Å². The highest BCUT2D eigenvalue weighted by Gasteiger charge is 2.26. The topological polar surface area (TPSA) is 50.3 Å². The van der Waals surface area contributed by atoms with E-state index < -0.39 is 0 Å². The van der Waals surface area contributed by atoms with E-state index in [-0.39, 0.29) is 11.7 Å².